The summed E-state index contributed by atoms with van der Waals surface area (Å²) < 4.78 is 6.78. The zero-order valence-corrected chi connectivity index (χ0v) is 20.3. The maximum atomic E-state index is 13.7. The SMILES string of the molecule is CCOc1cccc2sc(N(CCN(CC)CC)C(=O)c3c[nH]c4ccccc34)nc12.Cl. The summed E-state index contributed by atoms with van der Waals surface area (Å²) >= 11 is 1.53. The normalized spacial score (nSPS) is 11.1. The number of likely N-dealkylation sites (N-methyl/N-ethyl adjacent to an activating group) is 1. The van der Waals surface area contributed by atoms with Crippen molar-refractivity contribution in [3.63, 3.8) is 0 Å². The molecule has 0 atom stereocenters. The number of hydrogen-bond donors (Lipinski definition) is 1. The van der Waals surface area contributed by atoms with Gasteiger partial charge in [-0.25, -0.2) is 4.98 Å². The molecule has 0 unspecified atom stereocenters. The number of anilines is 1. The summed E-state index contributed by atoms with van der Waals surface area (Å²) in [4.78, 5) is 25.9. The number of benzene rings is 2. The second-order valence-electron chi connectivity index (χ2n) is 7.26. The van der Waals surface area contributed by atoms with E-state index in [1.54, 1.807) is 6.20 Å². The third-order valence-corrected chi connectivity index (χ3v) is 6.54. The van der Waals surface area contributed by atoms with Crippen molar-refractivity contribution in [1.82, 2.24) is 14.9 Å². The molecule has 1 N–H and O–H groups in total. The molecule has 8 heteroatoms. The number of carbonyl (C=O) groups is 1. The van der Waals surface area contributed by atoms with E-state index >= 15 is 0 Å². The number of amides is 1. The number of fused-ring (bicyclic) bond motifs is 2. The van der Waals surface area contributed by atoms with Crippen LogP contribution >= 0.6 is 23.7 Å². The van der Waals surface area contributed by atoms with Crippen molar-refractivity contribution < 1.29 is 9.53 Å². The molecule has 0 bridgehead atoms. The highest BCUT2D eigenvalue weighted by Crippen LogP contribution is 2.35. The summed E-state index contributed by atoms with van der Waals surface area (Å²) in [5.41, 5.74) is 2.43. The van der Waals surface area contributed by atoms with Gasteiger partial charge in [-0.1, -0.05) is 49.4 Å². The molecular weight excluding hydrogens is 444 g/mol. The van der Waals surface area contributed by atoms with Gasteiger partial charge in [-0.15, -0.1) is 12.4 Å². The van der Waals surface area contributed by atoms with Crippen molar-refractivity contribution in [3.8, 4) is 5.75 Å². The van der Waals surface area contributed by atoms with Gasteiger partial charge in [-0.2, -0.15) is 0 Å². The lowest BCUT2D eigenvalue weighted by Crippen LogP contribution is -2.38. The summed E-state index contributed by atoms with van der Waals surface area (Å²) in [6, 6.07) is 13.8. The molecule has 2 aromatic carbocycles. The van der Waals surface area contributed by atoms with E-state index in [0.29, 0.717) is 23.8 Å². The van der Waals surface area contributed by atoms with Crippen molar-refractivity contribution in [2.24, 2.45) is 0 Å². The van der Waals surface area contributed by atoms with Crippen LogP contribution in [-0.2, 0) is 0 Å². The van der Waals surface area contributed by atoms with Crippen LogP contribution < -0.4 is 9.64 Å². The molecule has 0 saturated heterocycles. The molecule has 0 spiro atoms. The van der Waals surface area contributed by atoms with Crippen LogP contribution in [0.15, 0.2) is 48.7 Å². The molecule has 0 aliphatic rings. The topological polar surface area (TPSA) is 61.5 Å². The molecule has 0 saturated carbocycles. The number of rotatable bonds is 9. The first kappa shape index (κ1) is 24.0. The molecule has 4 aromatic rings. The van der Waals surface area contributed by atoms with Gasteiger partial charge >= 0.3 is 0 Å². The Morgan fingerprint density at radius 3 is 2.59 bits per heavy atom. The van der Waals surface area contributed by atoms with E-state index in [0.717, 1.165) is 46.5 Å². The minimum atomic E-state index is -0.0402. The number of carbonyl (C=O) groups excluding carboxylic acids is 1. The fourth-order valence-corrected chi connectivity index (χ4v) is 4.77. The molecule has 0 radical (unpaired) electrons. The van der Waals surface area contributed by atoms with Crippen molar-refractivity contribution in [3.05, 3.63) is 54.2 Å². The van der Waals surface area contributed by atoms with Crippen LogP contribution in [0.5, 0.6) is 5.75 Å². The van der Waals surface area contributed by atoms with Crippen LogP contribution in [0.2, 0.25) is 0 Å². The average Bonchev–Trinajstić information content (AvgIpc) is 3.41. The zero-order valence-electron chi connectivity index (χ0n) is 18.6. The maximum Gasteiger partial charge on any atom is 0.262 e. The molecule has 6 nitrogen and oxygen atoms in total. The van der Waals surface area contributed by atoms with E-state index in [2.05, 4.69) is 23.7 Å². The van der Waals surface area contributed by atoms with E-state index < -0.39 is 0 Å². The largest absolute Gasteiger partial charge is 0.492 e. The first-order chi connectivity index (χ1) is 15.2. The standard InChI is InChI=1S/C24H28N4O2S.ClH/c1-4-27(5-2)14-15-28(23(29)18-16-25-19-11-8-7-10-17(18)19)24-26-22-20(30-6-3)12-9-13-21(22)31-24;/h7-13,16,25H,4-6,14-15H2,1-3H3;1H. The van der Waals surface area contributed by atoms with Gasteiger partial charge in [-0.05, 0) is 38.2 Å². The van der Waals surface area contributed by atoms with Crippen molar-refractivity contribution in [2.75, 3.05) is 37.7 Å². The van der Waals surface area contributed by atoms with Crippen molar-refractivity contribution >= 4 is 55.9 Å². The van der Waals surface area contributed by atoms with Gasteiger partial charge in [0.05, 0.1) is 16.9 Å². The number of nitrogens with one attached hydrogen (secondary N) is 1. The van der Waals surface area contributed by atoms with E-state index in [1.807, 2.05) is 54.3 Å². The minimum absolute atomic E-state index is 0. The fourth-order valence-electron chi connectivity index (χ4n) is 3.76. The molecule has 0 aliphatic heterocycles. The van der Waals surface area contributed by atoms with Crippen LogP contribution in [0, 0.1) is 0 Å². The van der Waals surface area contributed by atoms with Gasteiger partial charge < -0.3 is 14.6 Å². The van der Waals surface area contributed by atoms with Gasteiger partial charge in [0, 0.05) is 30.2 Å². The minimum Gasteiger partial charge on any atom is -0.492 e. The summed E-state index contributed by atoms with van der Waals surface area (Å²) in [7, 11) is 0. The van der Waals surface area contributed by atoms with Crippen molar-refractivity contribution in [1.29, 1.82) is 0 Å². The second kappa shape index (κ2) is 10.8. The average molecular weight is 473 g/mol. The Hall–Kier alpha value is -2.61. The molecule has 0 fully saturated rings. The predicted octanol–water partition coefficient (Wildman–Crippen LogP) is 5.59. The number of para-hydroxylation sites is 2. The van der Waals surface area contributed by atoms with E-state index in [-0.39, 0.29) is 18.3 Å². The first-order valence-electron chi connectivity index (χ1n) is 10.8. The molecule has 2 heterocycles. The number of halogens is 1. The number of aromatic amines is 1. The van der Waals surface area contributed by atoms with Gasteiger partial charge in [-0.3, -0.25) is 9.69 Å². The molecule has 4 rings (SSSR count). The smallest absolute Gasteiger partial charge is 0.262 e. The summed E-state index contributed by atoms with van der Waals surface area (Å²) in [6.45, 7) is 10.1. The Bertz CT molecular complexity index is 1190. The molecule has 170 valence electrons. The quantitative estimate of drug-likeness (QED) is 0.345. The summed E-state index contributed by atoms with van der Waals surface area (Å²) in [6.07, 6.45) is 1.80. The first-order valence-corrected chi connectivity index (χ1v) is 11.6. The number of H-pyrrole nitrogens is 1. The fraction of sp³-hybridized carbons (Fsp3) is 0.333. The lowest BCUT2D eigenvalue weighted by atomic mass is 10.1. The molecule has 32 heavy (non-hydrogen) atoms. The number of ether oxygens (including phenoxy) is 1. The third-order valence-electron chi connectivity index (χ3n) is 5.50. The lowest BCUT2D eigenvalue weighted by Gasteiger charge is -2.24. The number of hydrogen-bond acceptors (Lipinski definition) is 5. The van der Waals surface area contributed by atoms with Gasteiger partial charge in [0.25, 0.3) is 5.91 Å². The number of aromatic nitrogens is 2. The Balaban J connectivity index is 0.00000289. The molecule has 2 aromatic heterocycles. The molecular formula is C24H29ClN4O2S. The summed E-state index contributed by atoms with van der Waals surface area (Å²) in [5.74, 6) is 0.715. The molecule has 0 aliphatic carbocycles. The van der Waals surface area contributed by atoms with Gasteiger partial charge in [0.2, 0.25) is 0 Å². The number of nitrogens with zero attached hydrogens (tertiary/aromatic N) is 3. The monoisotopic (exact) mass is 472 g/mol. The van der Waals surface area contributed by atoms with Gasteiger partial charge in [0.1, 0.15) is 11.3 Å². The Labute approximate surface area is 198 Å². The van der Waals surface area contributed by atoms with E-state index in [4.69, 9.17) is 9.72 Å². The summed E-state index contributed by atoms with van der Waals surface area (Å²) in [5, 5.41) is 1.63. The Morgan fingerprint density at radius 1 is 1.06 bits per heavy atom. The highest BCUT2D eigenvalue weighted by molar-refractivity contribution is 7.22. The Kier molecular flexibility index (Phi) is 8.12. The van der Waals surface area contributed by atoms with Crippen molar-refractivity contribution in [2.45, 2.75) is 20.8 Å². The zero-order chi connectivity index (χ0) is 21.8. The number of thiazole rings is 1. The third kappa shape index (κ3) is 4.75. The van der Waals surface area contributed by atoms with Crippen LogP contribution in [0.4, 0.5) is 5.13 Å². The van der Waals surface area contributed by atoms with E-state index in [1.165, 1.54) is 11.3 Å². The maximum absolute atomic E-state index is 13.7. The highest BCUT2D eigenvalue weighted by atomic mass is 35.5. The van der Waals surface area contributed by atoms with Crippen LogP contribution in [-0.4, -0.2) is 53.6 Å². The predicted molar refractivity (Wildman–Crippen MR) is 136 cm³/mol. The second-order valence-corrected chi connectivity index (χ2v) is 8.27. The van der Waals surface area contributed by atoms with Gasteiger partial charge in [0.15, 0.2) is 5.13 Å². The highest BCUT2D eigenvalue weighted by Gasteiger charge is 2.24. The lowest BCUT2D eigenvalue weighted by molar-refractivity contribution is 0.0985. The van der Waals surface area contributed by atoms with Crippen LogP contribution in [0.1, 0.15) is 31.1 Å². The molecule has 1 amide bonds. The van der Waals surface area contributed by atoms with Crippen LogP contribution in [0.25, 0.3) is 21.1 Å². The Morgan fingerprint density at radius 2 is 1.84 bits per heavy atom. The van der Waals surface area contributed by atoms with Crippen LogP contribution in [0.3, 0.4) is 0 Å². The van der Waals surface area contributed by atoms with E-state index in [9.17, 15) is 4.79 Å².